The second-order valence-corrected chi connectivity index (χ2v) is 8.53. The number of hydrogen-bond acceptors (Lipinski definition) is 5. The molecule has 1 aliphatic carbocycles. The molecule has 6 nitrogen and oxygen atoms in total. The molecule has 146 valence electrons. The summed E-state index contributed by atoms with van der Waals surface area (Å²) in [5.41, 5.74) is 4.26. The lowest BCUT2D eigenvalue weighted by molar-refractivity contribution is 0.0947. The van der Waals surface area contributed by atoms with Crippen LogP contribution in [0.25, 0.3) is 5.65 Å². The minimum Gasteiger partial charge on any atom is -0.376 e. The van der Waals surface area contributed by atoms with Gasteiger partial charge < -0.3 is 9.14 Å². The highest BCUT2D eigenvalue weighted by molar-refractivity contribution is 7.98. The van der Waals surface area contributed by atoms with Crippen LogP contribution in [0, 0.1) is 0 Å². The second kappa shape index (κ2) is 7.72. The quantitative estimate of drug-likeness (QED) is 0.489. The average Bonchev–Trinajstić information content (AvgIpc) is 3.38. The topological polar surface area (TPSA) is 61.4 Å². The molecule has 0 amide bonds. The molecule has 3 aromatic rings. The Morgan fingerprint density at radius 2 is 2.11 bits per heavy atom. The van der Waals surface area contributed by atoms with Crippen molar-refractivity contribution in [2.75, 3.05) is 6.61 Å². The Morgan fingerprint density at radius 1 is 1.18 bits per heavy atom. The molecule has 1 atom stereocenters. The van der Waals surface area contributed by atoms with Gasteiger partial charge in [-0.1, -0.05) is 17.8 Å². The molecule has 0 radical (unpaired) electrons. The maximum absolute atomic E-state index is 12.8. The third kappa shape index (κ3) is 3.49. The first-order chi connectivity index (χ1) is 13.8. The van der Waals surface area contributed by atoms with E-state index in [4.69, 9.17) is 4.74 Å². The van der Waals surface area contributed by atoms with Crippen molar-refractivity contribution in [3.05, 3.63) is 58.0 Å². The molecule has 0 spiro atoms. The largest absolute Gasteiger partial charge is 0.376 e. The monoisotopic (exact) mass is 396 g/mol. The summed E-state index contributed by atoms with van der Waals surface area (Å²) in [6, 6.07) is 5.99. The minimum atomic E-state index is -0.131. The minimum absolute atomic E-state index is 0.131. The molecular formula is C21H24N4O2S. The summed E-state index contributed by atoms with van der Waals surface area (Å²) >= 11 is 1.64. The Balaban J connectivity index is 1.42. The second-order valence-electron chi connectivity index (χ2n) is 7.56. The zero-order valence-electron chi connectivity index (χ0n) is 15.8. The van der Waals surface area contributed by atoms with Crippen LogP contribution in [0.4, 0.5) is 0 Å². The van der Waals surface area contributed by atoms with Crippen LogP contribution in [0.15, 0.2) is 40.4 Å². The Kier molecular flexibility index (Phi) is 4.94. The molecule has 28 heavy (non-hydrogen) atoms. The zero-order valence-corrected chi connectivity index (χ0v) is 16.7. The van der Waals surface area contributed by atoms with Crippen LogP contribution in [0.2, 0.25) is 0 Å². The number of nitrogens with zero attached hydrogens (tertiary/aromatic N) is 4. The standard InChI is InChI=1S/C21H24N4O2S/c26-21-23-20(28-14-15-12-24-10-4-3-9-19(24)22-15)17-7-1-2-8-18(17)25(21)13-16-6-5-11-27-16/h3-4,9-10,12,16H,1-2,5-8,11,13-14H2/t16-/m0/s1. The Bertz CT molecular complexity index is 1020. The third-order valence-corrected chi connectivity index (χ3v) is 6.68. The number of thioether (sulfide) groups is 1. The van der Waals surface area contributed by atoms with Gasteiger partial charge in [0.25, 0.3) is 0 Å². The number of imidazole rings is 1. The number of hydrogen-bond donors (Lipinski definition) is 0. The first-order valence-electron chi connectivity index (χ1n) is 10.1. The molecule has 2 aliphatic rings. The highest BCUT2D eigenvalue weighted by atomic mass is 32.2. The number of pyridine rings is 1. The number of fused-ring (bicyclic) bond motifs is 2. The van der Waals surface area contributed by atoms with Gasteiger partial charge >= 0.3 is 5.69 Å². The zero-order chi connectivity index (χ0) is 18.9. The molecule has 4 heterocycles. The fourth-order valence-electron chi connectivity index (χ4n) is 4.25. The van der Waals surface area contributed by atoms with E-state index in [0.29, 0.717) is 6.54 Å². The molecule has 0 N–H and O–H groups in total. The van der Waals surface area contributed by atoms with E-state index in [2.05, 4.69) is 9.97 Å². The lowest BCUT2D eigenvalue weighted by Crippen LogP contribution is -2.33. The molecule has 1 aliphatic heterocycles. The predicted molar refractivity (Wildman–Crippen MR) is 109 cm³/mol. The van der Waals surface area contributed by atoms with E-state index < -0.39 is 0 Å². The van der Waals surface area contributed by atoms with Gasteiger partial charge in [-0.25, -0.2) is 9.78 Å². The van der Waals surface area contributed by atoms with Gasteiger partial charge in [0, 0.05) is 36.0 Å². The van der Waals surface area contributed by atoms with Crippen LogP contribution >= 0.6 is 11.8 Å². The van der Waals surface area contributed by atoms with E-state index in [9.17, 15) is 4.79 Å². The van der Waals surface area contributed by atoms with Crippen LogP contribution in [0.1, 0.15) is 42.6 Å². The SMILES string of the molecule is O=c1nc(SCc2cn3ccccc3n2)c2c(n1C[C@@H]1CCCO1)CCCC2. The molecule has 5 rings (SSSR count). The maximum Gasteiger partial charge on any atom is 0.348 e. The van der Waals surface area contributed by atoms with Gasteiger partial charge in [0.05, 0.1) is 18.3 Å². The fraction of sp³-hybridized carbons (Fsp3) is 0.476. The van der Waals surface area contributed by atoms with Crippen LogP contribution < -0.4 is 5.69 Å². The molecule has 0 bridgehead atoms. The van der Waals surface area contributed by atoms with Gasteiger partial charge in [-0.2, -0.15) is 4.98 Å². The fourth-order valence-corrected chi connectivity index (χ4v) is 5.21. The molecule has 0 saturated carbocycles. The summed E-state index contributed by atoms with van der Waals surface area (Å²) in [6.07, 6.45) is 10.6. The van der Waals surface area contributed by atoms with Crippen molar-refractivity contribution in [2.24, 2.45) is 0 Å². The average molecular weight is 397 g/mol. The highest BCUT2D eigenvalue weighted by Crippen LogP contribution is 2.30. The number of ether oxygens (including phenoxy) is 1. The van der Waals surface area contributed by atoms with Crippen molar-refractivity contribution >= 4 is 17.4 Å². The summed E-state index contributed by atoms with van der Waals surface area (Å²) in [5, 5.41) is 0.889. The van der Waals surface area contributed by atoms with Gasteiger partial charge in [0.2, 0.25) is 0 Å². The van der Waals surface area contributed by atoms with E-state index in [0.717, 1.165) is 67.3 Å². The van der Waals surface area contributed by atoms with Gasteiger partial charge in [-0.15, -0.1) is 0 Å². The van der Waals surface area contributed by atoms with E-state index in [1.807, 2.05) is 39.6 Å². The molecule has 0 unspecified atom stereocenters. The van der Waals surface area contributed by atoms with Crippen molar-refractivity contribution in [1.29, 1.82) is 0 Å². The molecule has 0 aromatic carbocycles. The van der Waals surface area contributed by atoms with Crippen molar-refractivity contribution in [2.45, 2.75) is 62.0 Å². The van der Waals surface area contributed by atoms with E-state index in [1.54, 1.807) is 11.8 Å². The van der Waals surface area contributed by atoms with Crippen molar-refractivity contribution in [1.82, 2.24) is 18.9 Å². The normalized spacial score (nSPS) is 19.2. The summed E-state index contributed by atoms with van der Waals surface area (Å²) in [6.45, 7) is 1.45. The van der Waals surface area contributed by atoms with E-state index in [1.165, 1.54) is 11.3 Å². The summed E-state index contributed by atoms with van der Waals surface area (Å²) < 4.78 is 9.68. The molecule has 1 fully saturated rings. The molecule has 7 heteroatoms. The first-order valence-corrected chi connectivity index (χ1v) is 11.1. The summed E-state index contributed by atoms with van der Waals surface area (Å²) in [7, 11) is 0. The summed E-state index contributed by atoms with van der Waals surface area (Å²) in [4.78, 5) is 22.0. The van der Waals surface area contributed by atoms with Gasteiger partial charge in [0.1, 0.15) is 10.7 Å². The predicted octanol–water partition coefficient (Wildman–Crippen LogP) is 3.24. The lowest BCUT2D eigenvalue weighted by atomic mass is 9.97. The maximum atomic E-state index is 12.8. The first kappa shape index (κ1) is 17.9. The van der Waals surface area contributed by atoms with Gasteiger partial charge in [0.15, 0.2) is 0 Å². The molecular weight excluding hydrogens is 372 g/mol. The van der Waals surface area contributed by atoms with Crippen molar-refractivity contribution < 1.29 is 4.74 Å². The number of rotatable bonds is 5. The molecule has 3 aromatic heterocycles. The van der Waals surface area contributed by atoms with E-state index >= 15 is 0 Å². The molecule has 1 saturated heterocycles. The van der Waals surface area contributed by atoms with Crippen LogP contribution in [0.3, 0.4) is 0 Å². The van der Waals surface area contributed by atoms with Gasteiger partial charge in [-0.3, -0.25) is 4.57 Å². The van der Waals surface area contributed by atoms with Gasteiger partial charge in [-0.05, 0) is 50.7 Å². The third-order valence-electron chi connectivity index (χ3n) is 5.63. The Morgan fingerprint density at radius 3 is 2.96 bits per heavy atom. The van der Waals surface area contributed by atoms with E-state index in [-0.39, 0.29) is 11.8 Å². The lowest BCUT2D eigenvalue weighted by Gasteiger charge is -2.24. The Labute approximate surface area is 168 Å². The number of aromatic nitrogens is 4. The van der Waals surface area contributed by atoms with Crippen molar-refractivity contribution in [3.63, 3.8) is 0 Å². The van der Waals surface area contributed by atoms with Crippen LogP contribution in [0.5, 0.6) is 0 Å². The van der Waals surface area contributed by atoms with Crippen molar-refractivity contribution in [3.8, 4) is 0 Å². The summed E-state index contributed by atoms with van der Waals surface area (Å²) in [5.74, 6) is 0.719. The van der Waals surface area contributed by atoms with Crippen LogP contribution in [-0.2, 0) is 29.9 Å². The van der Waals surface area contributed by atoms with Crippen LogP contribution in [-0.4, -0.2) is 31.6 Å². The smallest absolute Gasteiger partial charge is 0.348 e. The highest BCUT2D eigenvalue weighted by Gasteiger charge is 2.24. The Hall–Kier alpha value is -2.12.